The van der Waals surface area contributed by atoms with E-state index in [-0.39, 0.29) is 24.6 Å². The van der Waals surface area contributed by atoms with E-state index in [1.807, 2.05) is 25.1 Å². The normalized spacial score (nSPS) is 10.9. The number of pyridine rings is 1. The number of hydrogen-bond acceptors (Lipinski definition) is 7. The van der Waals surface area contributed by atoms with Crippen LogP contribution in [0.15, 0.2) is 47.6 Å². The number of carbonyl (C=O) groups excluding carboxylic acids is 1. The summed E-state index contributed by atoms with van der Waals surface area (Å²) in [4.78, 5) is 18.8. The fraction of sp³-hybridized carbons (Fsp3) is 0.208. The predicted molar refractivity (Wildman–Crippen MR) is 118 cm³/mol. The van der Waals surface area contributed by atoms with Crippen molar-refractivity contribution >= 4 is 12.7 Å². The van der Waals surface area contributed by atoms with Gasteiger partial charge in [0.05, 0.1) is 13.3 Å². The van der Waals surface area contributed by atoms with E-state index in [4.69, 9.17) is 9.47 Å². The SMILES string of the molecule is COc1cccc(-c2nc(Cc3c(C)cc(OCC=NOC=O)c(F)c3C)ccc2O)c1. The molecule has 0 aliphatic rings. The molecular formula is C24H23FN2O5. The highest BCUT2D eigenvalue weighted by Gasteiger charge is 2.16. The van der Waals surface area contributed by atoms with Crippen molar-refractivity contribution in [1.29, 1.82) is 0 Å². The molecule has 1 aromatic heterocycles. The molecule has 0 bridgehead atoms. The maximum atomic E-state index is 14.9. The van der Waals surface area contributed by atoms with Crippen LogP contribution in [0.2, 0.25) is 0 Å². The number of halogens is 1. The van der Waals surface area contributed by atoms with Crippen LogP contribution in [0.4, 0.5) is 4.39 Å². The molecule has 0 unspecified atom stereocenters. The molecule has 0 saturated heterocycles. The lowest BCUT2D eigenvalue weighted by molar-refractivity contribution is -0.128. The summed E-state index contributed by atoms with van der Waals surface area (Å²) in [6, 6.07) is 12.2. The van der Waals surface area contributed by atoms with Crippen molar-refractivity contribution in [3.8, 4) is 28.5 Å². The third kappa shape index (κ3) is 5.21. The van der Waals surface area contributed by atoms with Crippen molar-refractivity contribution in [2.24, 2.45) is 5.16 Å². The molecule has 0 aliphatic heterocycles. The third-order valence-electron chi connectivity index (χ3n) is 4.95. The van der Waals surface area contributed by atoms with Crippen molar-refractivity contribution in [2.75, 3.05) is 13.7 Å². The van der Waals surface area contributed by atoms with Crippen LogP contribution in [0.1, 0.15) is 22.4 Å². The molecule has 7 nitrogen and oxygen atoms in total. The molecule has 0 saturated carbocycles. The van der Waals surface area contributed by atoms with Crippen molar-refractivity contribution < 1.29 is 28.6 Å². The van der Waals surface area contributed by atoms with Gasteiger partial charge in [0.25, 0.3) is 0 Å². The third-order valence-corrected chi connectivity index (χ3v) is 4.95. The van der Waals surface area contributed by atoms with Crippen LogP contribution < -0.4 is 9.47 Å². The molecule has 0 amide bonds. The molecule has 166 valence electrons. The fourth-order valence-corrected chi connectivity index (χ4v) is 3.32. The molecule has 32 heavy (non-hydrogen) atoms. The first-order chi connectivity index (χ1) is 15.4. The Labute approximate surface area is 185 Å². The van der Waals surface area contributed by atoms with Crippen LogP contribution in [-0.2, 0) is 16.1 Å². The van der Waals surface area contributed by atoms with E-state index >= 15 is 0 Å². The number of oxime groups is 1. The second kappa shape index (κ2) is 10.4. The van der Waals surface area contributed by atoms with Crippen molar-refractivity contribution in [2.45, 2.75) is 20.3 Å². The number of nitrogens with zero attached hydrogens (tertiary/aromatic N) is 2. The van der Waals surface area contributed by atoms with Gasteiger partial charge in [-0.2, -0.15) is 0 Å². The smallest absolute Gasteiger partial charge is 0.323 e. The number of ether oxygens (including phenoxy) is 2. The highest BCUT2D eigenvalue weighted by atomic mass is 19.1. The zero-order valence-electron chi connectivity index (χ0n) is 18.0. The average molecular weight is 438 g/mol. The molecule has 3 rings (SSSR count). The lowest BCUT2D eigenvalue weighted by Gasteiger charge is -2.15. The molecule has 1 N–H and O–H groups in total. The summed E-state index contributed by atoms with van der Waals surface area (Å²) in [6.45, 7) is 3.67. The molecule has 0 fully saturated rings. The molecule has 3 aromatic rings. The Morgan fingerprint density at radius 2 is 2.00 bits per heavy atom. The van der Waals surface area contributed by atoms with Gasteiger partial charge in [0.15, 0.2) is 11.6 Å². The van der Waals surface area contributed by atoms with Gasteiger partial charge in [0.1, 0.15) is 23.8 Å². The Hall–Kier alpha value is -3.94. The maximum absolute atomic E-state index is 14.9. The second-order valence-electron chi connectivity index (χ2n) is 6.99. The lowest BCUT2D eigenvalue weighted by atomic mass is 9.97. The Morgan fingerprint density at radius 1 is 1.19 bits per heavy atom. The molecule has 0 spiro atoms. The van der Waals surface area contributed by atoms with E-state index < -0.39 is 5.82 Å². The van der Waals surface area contributed by atoms with Gasteiger partial charge >= 0.3 is 6.47 Å². The standard InChI is InChI=1S/C24H23FN2O5/c1-15-11-22(31-10-9-26-32-14-28)23(25)16(2)20(15)13-18-7-8-21(29)24(27-18)17-5-4-6-19(12-17)30-3/h4-9,11-12,14,29H,10,13H2,1-3H3. The lowest BCUT2D eigenvalue weighted by Crippen LogP contribution is -2.06. The number of aryl methyl sites for hydroxylation is 1. The van der Waals surface area contributed by atoms with Crippen LogP contribution in [-0.4, -0.2) is 36.5 Å². The van der Waals surface area contributed by atoms with Gasteiger partial charge < -0.3 is 19.4 Å². The van der Waals surface area contributed by atoms with Crippen molar-refractivity contribution in [3.05, 3.63) is 70.7 Å². The van der Waals surface area contributed by atoms with Crippen LogP contribution >= 0.6 is 0 Å². The maximum Gasteiger partial charge on any atom is 0.323 e. The highest BCUT2D eigenvalue weighted by molar-refractivity contribution is 5.67. The first-order valence-electron chi connectivity index (χ1n) is 9.80. The van der Waals surface area contributed by atoms with Gasteiger partial charge in [0.2, 0.25) is 0 Å². The fourth-order valence-electron chi connectivity index (χ4n) is 3.32. The minimum absolute atomic E-state index is 0.0469. The predicted octanol–water partition coefficient (Wildman–Crippen LogP) is 4.35. The summed E-state index contributed by atoms with van der Waals surface area (Å²) in [6.07, 6.45) is 1.59. The average Bonchev–Trinajstić information content (AvgIpc) is 2.80. The van der Waals surface area contributed by atoms with E-state index in [2.05, 4.69) is 15.0 Å². The topological polar surface area (TPSA) is 90.2 Å². The van der Waals surface area contributed by atoms with Gasteiger partial charge in [-0.25, -0.2) is 9.37 Å². The van der Waals surface area contributed by atoms with E-state index in [1.165, 1.54) is 6.21 Å². The van der Waals surface area contributed by atoms with Crippen molar-refractivity contribution in [3.63, 3.8) is 0 Å². The summed E-state index contributed by atoms with van der Waals surface area (Å²) in [5.41, 5.74) is 3.87. The number of aromatic nitrogens is 1. The highest BCUT2D eigenvalue weighted by Crippen LogP contribution is 2.32. The van der Waals surface area contributed by atoms with E-state index in [0.29, 0.717) is 34.7 Å². The van der Waals surface area contributed by atoms with Gasteiger partial charge in [-0.15, -0.1) is 0 Å². The number of rotatable bonds is 9. The Morgan fingerprint density at radius 3 is 2.75 bits per heavy atom. The van der Waals surface area contributed by atoms with Crippen LogP contribution in [0, 0.1) is 19.7 Å². The van der Waals surface area contributed by atoms with E-state index in [1.54, 1.807) is 38.3 Å². The summed E-state index contributed by atoms with van der Waals surface area (Å²) < 4.78 is 25.5. The monoisotopic (exact) mass is 438 g/mol. The minimum Gasteiger partial charge on any atom is -0.506 e. The van der Waals surface area contributed by atoms with Gasteiger partial charge in [-0.1, -0.05) is 17.3 Å². The van der Waals surface area contributed by atoms with Crippen molar-refractivity contribution in [1.82, 2.24) is 4.98 Å². The Balaban J connectivity index is 1.87. The number of hydrogen-bond donors (Lipinski definition) is 1. The molecule has 1 heterocycles. The first-order valence-corrected chi connectivity index (χ1v) is 9.80. The quantitative estimate of drug-likeness (QED) is 0.231. The summed E-state index contributed by atoms with van der Waals surface area (Å²) >= 11 is 0. The molecule has 8 heteroatoms. The molecule has 2 aromatic carbocycles. The molecule has 0 atom stereocenters. The van der Waals surface area contributed by atoms with Crippen LogP contribution in [0.25, 0.3) is 11.3 Å². The van der Waals surface area contributed by atoms with Gasteiger partial charge in [-0.05, 0) is 60.9 Å². The Bertz CT molecular complexity index is 1150. The number of carbonyl (C=O) groups is 1. The minimum atomic E-state index is -0.484. The largest absolute Gasteiger partial charge is 0.506 e. The summed E-state index contributed by atoms with van der Waals surface area (Å²) in [7, 11) is 1.57. The van der Waals surface area contributed by atoms with Gasteiger partial charge in [-0.3, -0.25) is 4.79 Å². The Kier molecular flexibility index (Phi) is 7.38. The number of methoxy groups -OCH3 is 1. The van der Waals surface area contributed by atoms with Crippen LogP contribution in [0.5, 0.6) is 17.2 Å². The summed E-state index contributed by atoms with van der Waals surface area (Å²) in [5, 5.41) is 13.7. The second-order valence-corrected chi connectivity index (χ2v) is 6.99. The number of aromatic hydroxyl groups is 1. The van der Waals surface area contributed by atoms with E-state index in [0.717, 1.165) is 11.1 Å². The molecular weight excluding hydrogens is 415 g/mol. The van der Waals surface area contributed by atoms with Gasteiger partial charge in [0, 0.05) is 17.7 Å². The number of benzene rings is 2. The van der Waals surface area contributed by atoms with Crippen LogP contribution in [0.3, 0.4) is 0 Å². The molecule has 0 aliphatic carbocycles. The van der Waals surface area contributed by atoms with E-state index in [9.17, 15) is 14.3 Å². The molecule has 0 radical (unpaired) electrons. The zero-order chi connectivity index (χ0) is 23.1. The first kappa shape index (κ1) is 22.7. The zero-order valence-corrected chi connectivity index (χ0v) is 18.0. The summed E-state index contributed by atoms with van der Waals surface area (Å²) in [5.74, 6) is 0.297.